The van der Waals surface area contributed by atoms with E-state index in [1.54, 1.807) is 0 Å². The van der Waals surface area contributed by atoms with Crippen molar-refractivity contribution in [3.63, 3.8) is 0 Å². The van der Waals surface area contributed by atoms with Crippen LogP contribution in [-0.4, -0.2) is 44.2 Å². The molecule has 0 saturated carbocycles. The number of nitrogens with zero attached hydrogens (tertiary/aromatic N) is 1. The van der Waals surface area contributed by atoms with Gasteiger partial charge in [0.1, 0.15) is 0 Å². The van der Waals surface area contributed by atoms with E-state index in [0.29, 0.717) is 18.9 Å². The van der Waals surface area contributed by atoms with Gasteiger partial charge in [-0.2, -0.15) is 0 Å². The van der Waals surface area contributed by atoms with Crippen molar-refractivity contribution in [2.45, 2.75) is 45.3 Å². The summed E-state index contributed by atoms with van der Waals surface area (Å²) in [4.78, 5) is 13.7. The predicted octanol–water partition coefficient (Wildman–Crippen LogP) is 3.25. The molecule has 106 valence electrons. The zero-order valence-electron chi connectivity index (χ0n) is 12.3. The predicted molar refractivity (Wildman–Crippen MR) is 81.6 cm³/mol. The molecule has 0 radical (unpaired) electrons. The largest absolute Gasteiger partial charge is 0.415 e. The highest BCUT2D eigenvalue weighted by Crippen LogP contribution is 2.36. The summed E-state index contributed by atoms with van der Waals surface area (Å²) in [6.45, 7) is 13.5. The highest BCUT2D eigenvalue weighted by molar-refractivity contribution is 9.09. The maximum Gasteiger partial charge on any atom is 0.223 e. The summed E-state index contributed by atoms with van der Waals surface area (Å²) in [7, 11) is -1.67. The zero-order valence-corrected chi connectivity index (χ0v) is 14.8. The van der Waals surface area contributed by atoms with E-state index in [9.17, 15) is 4.79 Å². The topological polar surface area (TPSA) is 29.5 Å². The first kappa shape index (κ1) is 16.2. The third kappa shape index (κ3) is 4.07. The summed E-state index contributed by atoms with van der Waals surface area (Å²) in [5, 5.41) is 1.15. The van der Waals surface area contributed by atoms with Crippen LogP contribution < -0.4 is 0 Å². The van der Waals surface area contributed by atoms with Crippen LogP contribution in [-0.2, 0) is 9.22 Å². The number of hydrogen-bond donors (Lipinski definition) is 0. The number of carbonyl (C=O) groups excluding carboxylic acids is 1. The van der Waals surface area contributed by atoms with Crippen molar-refractivity contribution in [1.82, 2.24) is 4.90 Å². The summed E-state index contributed by atoms with van der Waals surface area (Å²) in [6.07, 6.45) is 0.686. The molecule has 1 unspecified atom stereocenters. The average Bonchev–Trinajstić information content (AvgIpc) is 2.58. The number of rotatable bonds is 5. The standard InChI is InChI=1S/C13H26BrNO2Si/c1-13(2,3)18(4,5)17-7-6-15-10-11(9-14)8-12(15)16/h11H,6-10H2,1-5H3. The summed E-state index contributed by atoms with van der Waals surface area (Å²) < 4.78 is 6.11. The van der Waals surface area contributed by atoms with Gasteiger partial charge < -0.3 is 9.33 Å². The van der Waals surface area contributed by atoms with Crippen LogP contribution in [0.1, 0.15) is 27.2 Å². The summed E-state index contributed by atoms with van der Waals surface area (Å²) >= 11 is 3.45. The third-order valence-corrected chi connectivity index (χ3v) is 9.60. The van der Waals surface area contributed by atoms with E-state index in [1.165, 1.54) is 0 Å². The van der Waals surface area contributed by atoms with Crippen molar-refractivity contribution in [2.75, 3.05) is 25.0 Å². The van der Waals surface area contributed by atoms with Gasteiger partial charge in [-0.05, 0) is 24.1 Å². The second-order valence-corrected chi connectivity index (χ2v) is 12.1. The van der Waals surface area contributed by atoms with E-state index >= 15 is 0 Å². The molecule has 0 aromatic rings. The van der Waals surface area contributed by atoms with E-state index in [1.807, 2.05) is 4.90 Å². The van der Waals surface area contributed by atoms with E-state index < -0.39 is 8.32 Å². The molecular weight excluding hydrogens is 310 g/mol. The number of likely N-dealkylation sites (tertiary alicyclic amines) is 1. The first-order chi connectivity index (χ1) is 8.17. The Kier molecular flexibility index (Phi) is 5.44. The van der Waals surface area contributed by atoms with Crippen molar-refractivity contribution >= 4 is 30.2 Å². The van der Waals surface area contributed by atoms with E-state index in [-0.39, 0.29) is 10.9 Å². The second kappa shape index (κ2) is 6.05. The minimum Gasteiger partial charge on any atom is -0.415 e. The van der Waals surface area contributed by atoms with Crippen molar-refractivity contribution < 1.29 is 9.22 Å². The number of alkyl halides is 1. The fourth-order valence-corrected chi connectivity index (χ4v) is 3.27. The molecule has 3 nitrogen and oxygen atoms in total. The minimum absolute atomic E-state index is 0.237. The van der Waals surface area contributed by atoms with Gasteiger partial charge in [0.2, 0.25) is 5.91 Å². The Morgan fingerprint density at radius 3 is 2.50 bits per heavy atom. The lowest BCUT2D eigenvalue weighted by atomic mass is 10.2. The zero-order chi connectivity index (χ0) is 14.0. The first-order valence-electron chi connectivity index (χ1n) is 6.65. The molecule has 1 amide bonds. The fourth-order valence-electron chi connectivity index (χ4n) is 1.80. The van der Waals surface area contributed by atoms with E-state index in [2.05, 4.69) is 49.8 Å². The molecule has 0 spiro atoms. The van der Waals surface area contributed by atoms with Crippen molar-refractivity contribution in [2.24, 2.45) is 5.92 Å². The molecule has 0 N–H and O–H groups in total. The number of carbonyl (C=O) groups is 1. The molecule has 1 rings (SSSR count). The monoisotopic (exact) mass is 335 g/mol. The van der Waals surface area contributed by atoms with E-state index in [4.69, 9.17) is 4.43 Å². The van der Waals surface area contributed by atoms with Crippen LogP contribution in [0.3, 0.4) is 0 Å². The van der Waals surface area contributed by atoms with Gasteiger partial charge in [0.05, 0.1) is 6.61 Å². The van der Waals surface area contributed by atoms with Gasteiger partial charge in [0.15, 0.2) is 8.32 Å². The summed E-state index contributed by atoms with van der Waals surface area (Å²) in [5.74, 6) is 0.753. The van der Waals surface area contributed by atoms with Gasteiger partial charge in [-0.25, -0.2) is 0 Å². The quantitative estimate of drug-likeness (QED) is 0.570. The van der Waals surface area contributed by atoms with Crippen LogP contribution in [0.25, 0.3) is 0 Å². The second-order valence-electron chi connectivity index (χ2n) is 6.67. The number of hydrogen-bond acceptors (Lipinski definition) is 2. The maximum absolute atomic E-state index is 11.8. The third-order valence-electron chi connectivity index (χ3n) is 4.14. The molecule has 0 aliphatic carbocycles. The summed E-state index contributed by atoms with van der Waals surface area (Å²) in [5.41, 5.74) is 0. The average molecular weight is 336 g/mol. The fraction of sp³-hybridized carbons (Fsp3) is 0.923. The molecule has 1 aliphatic rings. The van der Waals surface area contributed by atoms with Crippen LogP contribution in [0.5, 0.6) is 0 Å². The van der Waals surface area contributed by atoms with Crippen LogP contribution in [0, 0.1) is 5.92 Å². The Balaban J connectivity index is 2.37. The lowest BCUT2D eigenvalue weighted by Gasteiger charge is -2.36. The Morgan fingerprint density at radius 2 is 2.06 bits per heavy atom. The van der Waals surface area contributed by atoms with Crippen LogP contribution in [0.15, 0.2) is 0 Å². The SMILES string of the molecule is CC(C)(C)[Si](C)(C)OCCN1CC(CBr)CC1=O. The lowest BCUT2D eigenvalue weighted by Crippen LogP contribution is -2.43. The molecule has 0 aromatic heterocycles. The van der Waals surface area contributed by atoms with Gasteiger partial charge in [0, 0.05) is 24.8 Å². The van der Waals surface area contributed by atoms with Crippen molar-refractivity contribution in [3.05, 3.63) is 0 Å². The first-order valence-corrected chi connectivity index (χ1v) is 10.7. The molecular formula is C13H26BrNO2Si. The summed E-state index contributed by atoms with van der Waals surface area (Å²) in [6, 6.07) is 0. The highest BCUT2D eigenvalue weighted by Gasteiger charge is 2.37. The highest BCUT2D eigenvalue weighted by atomic mass is 79.9. The number of amides is 1. The molecule has 18 heavy (non-hydrogen) atoms. The van der Waals surface area contributed by atoms with E-state index in [0.717, 1.165) is 18.4 Å². The molecule has 1 saturated heterocycles. The Morgan fingerprint density at radius 1 is 1.44 bits per heavy atom. The van der Waals surface area contributed by atoms with Gasteiger partial charge in [-0.15, -0.1) is 0 Å². The van der Waals surface area contributed by atoms with Crippen LogP contribution in [0.4, 0.5) is 0 Å². The van der Waals surface area contributed by atoms with Gasteiger partial charge >= 0.3 is 0 Å². The Labute approximate surface area is 121 Å². The normalized spacial score (nSPS) is 21.8. The molecule has 1 heterocycles. The maximum atomic E-state index is 11.8. The Hall–Kier alpha value is 0.127. The Bertz CT molecular complexity index is 302. The molecule has 1 atom stereocenters. The number of halogens is 1. The molecule has 1 fully saturated rings. The molecule has 0 bridgehead atoms. The lowest BCUT2D eigenvalue weighted by molar-refractivity contribution is -0.128. The molecule has 0 aromatic carbocycles. The van der Waals surface area contributed by atoms with Crippen LogP contribution >= 0.6 is 15.9 Å². The molecule has 5 heteroatoms. The van der Waals surface area contributed by atoms with Crippen molar-refractivity contribution in [3.8, 4) is 0 Å². The van der Waals surface area contributed by atoms with Gasteiger partial charge in [-0.3, -0.25) is 4.79 Å². The minimum atomic E-state index is -1.67. The van der Waals surface area contributed by atoms with Crippen LogP contribution in [0.2, 0.25) is 18.1 Å². The molecule has 1 aliphatic heterocycles. The van der Waals surface area contributed by atoms with Crippen molar-refractivity contribution in [1.29, 1.82) is 0 Å². The van der Waals surface area contributed by atoms with Gasteiger partial charge in [-0.1, -0.05) is 36.7 Å². The van der Waals surface area contributed by atoms with Gasteiger partial charge in [0.25, 0.3) is 0 Å². The smallest absolute Gasteiger partial charge is 0.223 e.